The highest BCUT2D eigenvalue weighted by molar-refractivity contribution is 9.09. The van der Waals surface area contributed by atoms with E-state index in [1.54, 1.807) is 7.11 Å². The molecule has 1 N–H and O–H groups in total. The van der Waals surface area contributed by atoms with Crippen molar-refractivity contribution in [1.29, 1.82) is 0 Å². The third-order valence-electron chi connectivity index (χ3n) is 3.28. The average Bonchev–Trinajstić information content (AvgIpc) is 2.40. The lowest BCUT2D eigenvalue weighted by molar-refractivity contribution is 0.406. The van der Waals surface area contributed by atoms with Crippen molar-refractivity contribution in [2.24, 2.45) is 0 Å². The topological polar surface area (TPSA) is 34.1 Å². The number of pyridine rings is 1. The maximum absolute atomic E-state index is 5.42. The lowest BCUT2D eigenvalue weighted by atomic mass is 10.1. The van der Waals surface area contributed by atoms with Gasteiger partial charge in [-0.2, -0.15) is 0 Å². The van der Waals surface area contributed by atoms with Crippen LogP contribution in [0.1, 0.15) is 42.5 Å². The SMILES string of the molecule is COc1c(C)cnc(CNCCCCCCBr)c1C. The van der Waals surface area contributed by atoms with E-state index in [1.807, 2.05) is 13.1 Å². The summed E-state index contributed by atoms with van der Waals surface area (Å²) in [5.74, 6) is 0.962. The van der Waals surface area contributed by atoms with Gasteiger partial charge in [0.1, 0.15) is 5.75 Å². The molecule has 1 heterocycles. The molecule has 4 heteroatoms. The number of ether oxygens (including phenoxy) is 1. The third kappa shape index (κ3) is 5.49. The van der Waals surface area contributed by atoms with Crippen LogP contribution < -0.4 is 10.1 Å². The van der Waals surface area contributed by atoms with Crippen LogP contribution >= 0.6 is 15.9 Å². The van der Waals surface area contributed by atoms with Crippen LogP contribution in [0, 0.1) is 13.8 Å². The average molecular weight is 329 g/mol. The Morgan fingerprint density at radius 3 is 2.63 bits per heavy atom. The summed E-state index contributed by atoms with van der Waals surface area (Å²) in [5.41, 5.74) is 3.33. The Kier molecular flexibility index (Phi) is 8.07. The molecule has 1 aromatic heterocycles. The third-order valence-corrected chi connectivity index (χ3v) is 3.84. The Hall–Kier alpha value is -0.610. The first-order valence-electron chi connectivity index (χ1n) is 6.96. The molecule has 0 aliphatic rings. The monoisotopic (exact) mass is 328 g/mol. The van der Waals surface area contributed by atoms with Gasteiger partial charge in [0.15, 0.2) is 0 Å². The van der Waals surface area contributed by atoms with Gasteiger partial charge >= 0.3 is 0 Å². The number of aryl methyl sites for hydroxylation is 1. The van der Waals surface area contributed by atoms with Crippen LogP contribution in [0.4, 0.5) is 0 Å². The zero-order valence-electron chi connectivity index (χ0n) is 12.3. The summed E-state index contributed by atoms with van der Waals surface area (Å²) in [6.45, 7) is 5.98. The lowest BCUT2D eigenvalue weighted by Gasteiger charge is -2.12. The molecule has 0 atom stereocenters. The van der Waals surface area contributed by atoms with Crippen molar-refractivity contribution < 1.29 is 4.74 Å². The van der Waals surface area contributed by atoms with Crippen molar-refractivity contribution in [2.75, 3.05) is 19.0 Å². The lowest BCUT2D eigenvalue weighted by Crippen LogP contribution is -2.17. The molecule has 0 unspecified atom stereocenters. The Labute approximate surface area is 125 Å². The first-order valence-corrected chi connectivity index (χ1v) is 8.08. The second kappa shape index (κ2) is 9.32. The van der Waals surface area contributed by atoms with Crippen LogP contribution in [0.25, 0.3) is 0 Å². The highest BCUT2D eigenvalue weighted by Gasteiger charge is 2.08. The van der Waals surface area contributed by atoms with Gasteiger partial charge in [0, 0.05) is 29.2 Å². The van der Waals surface area contributed by atoms with E-state index in [2.05, 4.69) is 33.2 Å². The molecule has 0 aliphatic carbocycles. The molecule has 0 radical (unpaired) electrons. The number of unbranched alkanes of at least 4 members (excludes halogenated alkanes) is 3. The van der Waals surface area contributed by atoms with Crippen molar-refractivity contribution in [1.82, 2.24) is 10.3 Å². The van der Waals surface area contributed by atoms with Crippen LogP contribution in [-0.2, 0) is 6.54 Å². The maximum Gasteiger partial charge on any atom is 0.128 e. The molecule has 0 bridgehead atoms. The zero-order chi connectivity index (χ0) is 14.1. The molecule has 3 nitrogen and oxygen atoms in total. The number of nitrogens with one attached hydrogen (secondary N) is 1. The fourth-order valence-electron chi connectivity index (χ4n) is 2.15. The van der Waals surface area contributed by atoms with Gasteiger partial charge in [-0.3, -0.25) is 4.98 Å². The van der Waals surface area contributed by atoms with E-state index in [4.69, 9.17) is 4.74 Å². The second-order valence-corrected chi connectivity index (χ2v) is 5.62. The number of rotatable bonds is 9. The van der Waals surface area contributed by atoms with Crippen LogP contribution in [-0.4, -0.2) is 24.0 Å². The minimum atomic E-state index is 0.820. The van der Waals surface area contributed by atoms with Gasteiger partial charge in [-0.1, -0.05) is 28.8 Å². The number of hydrogen-bond acceptors (Lipinski definition) is 3. The molecule has 0 saturated carbocycles. The maximum atomic E-state index is 5.42. The van der Waals surface area contributed by atoms with Crippen LogP contribution in [0.2, 0.25) is 0 Å². The molecule has 0 spiro atoms. The van der Waals surface area contributed by atoms with Gasteiger partial charge in [0.05, 0.1) is 12.8 Å². The standard InChI is InChI=1S/C15H25BrN2O/c1-12-10-18-14(13(2)15(12)19-3)11-17-9-7-5-4-6-8-16/h10,17H,4-9,11H2,1-3H3. The smallest absolute Gasteiger partial charge is 0.128 e. The number of aromatic nitrogens is 1. The van der Waals surface area contributed by atoms with E-state index >= 15 is 0 Å². The molecule has 19 heavy (non-hydrogen) atoms. The molecular formula is C15H25BrN2O. The predicted molar refractivity (Wildman–Crippen MR) is 84.2 cm³/mol. The van der Waals surface area contributed by atoms with E-state index in [-0.39, 0.29) is 0 Å². The molecule has 1 aromatic rings. The van der Waals surface area contributed by atoms with Gasteiger partial charge in [0.2, 0.25) is 0 Å². The Morgan fingerprint density at radius 2 is 1.95 bits per heavy atom. The fourth-order valence-corrected chi connectivity index (χ4v) is 2.55. The van der Waals surface area contributed by atoms with E-state index in [1.165, 1.54) is 25.7 Å². The fraction of sp³-hybridized carbons (Fsp3) is 0.667. The molecule has 0 fully saturated rings. The predicted octanol–water partition coefficient (Wildman–Crippen LogP) is 3.75. The summed E-state index contributed by atoms with van der Waals surface area (Å²) in [4.78, 5) is 4.48. The van der Waals surface area contributed by atoms with Gasteiger partial charge in [-0.25, -0.2) is 0 Å². The first kappa shape index (κ1) is 16.4. The Bertz CT molecular complexity index is 383. The molecule has 0 aromatic carbocycles. The Morgan fingerprint density at radius 1 is 1.21 bits per heavy atom. The van der Waals surface area contributed by atoms with E-state index in [9.17, 15) is 0 Å². The van der Waals surface area contributed by atoms with Crippen LogP contribution in [0.5, 0.6) is 5.75 Å². The van der Waals surface area contributed by atoms with Crippen molar-refractivity contribution in [3.05, 3.63) is 23.0 Å². The van der Waals surface area contributed by atoms with E-state index in [0.29, 0.717) is 0 Å². The molecule has 1 rings (SSSR count). The summed E-state index contributed by atoms with van der Waals surface area (Å²) in [6.07, 6.45) is 6.99. The minimum absolute atomic E-state index is 0.820. The summed E-state index contributed by atoms with van der Waals surface area (Å²) in [6, 6.07) is 0. The normalized spacial score (nSPS) is 10.7. The quantitative estimate of drug-likeness (QED) is 0.553. The van der Waals surface area contributed by atoms with Crippen LogP contribution in [0.15, 0.2) is 6.20 Å². The summed E-state index contributed by atoms with van der Waals surface area (Å²) in [5, 5.41) is 4.58. The van der Waals surface area contributed by atoms with Crippen LogP contribution in [0.3, 0.4) is 0 Å². The number of nitrogens with zero attached hydrogens (tertiary/aromatic N) is 1. The minimum Gasteiger partial charge on any atom is -0.496 e. The van der Waals surface area contributed by atoms with Gasteiger partial charge in [0.25, 0.3) is 0 Å². The summed E-state index contributed by atoms with van der Waals surface area (Å²) < 4.78 is 5.42. The zero-order valence-corrected chi connectivity index (χ0v) is 13.8. The highest BCUT2D eigenvalue weighted by Crippen LogP contribution is 2.23. The number of methoxy groups -OCH3 is 1. The van der Waals surface area contributed by atoms with Crippen molar-refractivity contribution >= 4 is 15.9 Å². The van der Waals surface area contributed by atoms with Gasteiger partial charge in [-0.15, -0.1) is 0 Å². The molecule has 0 amide bonds. The first-order chi connectivity index (χ1) is 9.20. The van der Waals surface area contributed by atoms with Crippen molar-refractivity contribution in [3.8, 4) is 5.75 Å². The number of alkyl halides is 1. The van der Waals surface area contributed by atoms with Gasteiger partial charge in [-0.05, 0) is 33.2 Å². The molecular weight excluding hydrogens is 304 g/mol. The summed E-state index contributed by atoms with van der Waals surface area (Å²) in [7, 11) is 1.72. The number of hydrogen-bond donors (Lipinski definition) is 1. The van der Waals surface area contributed by atoms with E-state index in [0.717, 1.165) is 41.0 Å². The van der Waals surface area contributed by atoms with Crippen molar-refractivity contribution in [2.45, 2.75) is 46.1 Å². The molecule has 0 aliphatic heterocycles. The van der Waals surface area contributed by atoms with Crippen molar-refractivity contribution in [3.63, 3.8) is 0 Å². The Balaban J connectivity index is 2.33. The molecule has 108 valence electrons. The highest BCUT2D eigenvalue weighted by atomic mass is 79.9. The largest absolute Gasteiger partial charge is 0.496 e. The molecule has 0 saturated heterocycles. The second-order valence-electron chi connectivity index (χ2n) is 4.83. The van der Waals surface area contributed by atoms with E-state index < -0.39 is 0 Å². The number of halogens is 1. The van der Waals surface area contributed by atoms with Gasteiger partial charge < -0.3 is 10.1 Å². The summed E-state index contributed by atoms with van der Waals surface area (Å²) >= 11 is 3.45.